The Morgan fingerprint density at radius 3 is 2.76 bits per heavy atom. The molecule has 1 aromatic heterocycles. The summed E-state index contributed by atoms with van der Waals surface area (Å²) in [6, 6.07) is 19.0. The zero-order chi connectivity index (χ0) is 24.2. The summed E-state index contributed by atoms with van der Waals surface area (Å²) in [5, 5.41) is 5.61. The molecule has 5 nitrogen and oxygen atoms in total. The van der Waals surface area contributed by atoms with Crippen molar-refractivity contribution >= 4 is 44.6 Å². The largest absolute Gasteiger partial charge is 0.488 e. The molecule has 0 amide bonds. The summed E-state index contributed by atoms with van der Waals surface area (Å²) in [5.74, 6) is 1.29. The van der Waals surface area contributed by atoms with Crippen LogP contribution in [0.2, 0.25) is 5.02 Å². The van der Waals surface area contributed by atoms with Gasteiger partial charge < -0.3 is 4.74 Å². The number of benzene rings is 3. The van der Waals surface area contributed by atoms with Gasteiger partial charge in [0.2, 0.25) is 0 Å². The maximum absolute atomic E-state index is 13.4. The van der Waals surface area contributed by atoms with E-state index >= 15 is 0 Å². The highest BCUT2D eigenvalue weighted by molar-refractivity contribution is 9.10. The van der Waals surface area contributed by atoms with Crippen molar-refractivity contribution in [2.24, 2.45) is 5.10 Å². The number of hydrogen-bond acceptors (Lipinski definition) is 4. The minimum Gasteiger partial charge on any atom is -0.488 e. The van der Waals surface area contributed by atoms with Gasteiger partial charge in [-0.2, -0.15) is 9.78 Å². The Morgan fingerprint density at radius 1 is 1.18 bits per heavy atom. The Labute approximate surface area is 212 Å². The highest BCUT2D eigenvalue weighted by atomic mass is 79.9. The van der Waals surface area contributed by atoms with E-state index in [9.17, 15) is 4.79 Å². The van der Waals surface area contributed by atoms with Crippen LogP contribution in [0.1, 0.15) is 48.7 Å². The summed E-state index contributed by atoms with van der Waals surface area (Å²) in [6.45, 7) is 6.56. The molecule has 4 aromatic rings. The summed E-state index contributed by atoms with van der Waals surface area (Å²) in [4.78, 5) is 18.1. The lowest BCUT2D eigenvalue weighted by atomic mass is 10.1. The fourth-order valence-corrected chi connectivity index (χ4v) is 4.16. The molecule has 0 spiro atoms. The van der Waals surface area contributed by atoms with Crippen molar-refractivity contribution < 1.29 is 4.74 Å². The first-order valence-corrected chi connectivity index (χ1v) is 12.3. The van der Waals surface area contributed by atoms with Crippen LogP contribution in [-0.2, 0) is 6.61 Å². The van der Waals surface area contributed by atoms with E-state index in [0.29, 0.717) is 39.7 Å². The SMILES string of the molecule is CC[C@@H](C)c1nc2ccc(Br)cc2c(=O)n1N=Cc1cc(Cl)ccc1OCc1cccc(C)c1. The van der Waals surface area contributed by atoms with Crippen LogP contribution in [-0.4, -0.2) is 15.9 Å². The predicted octanol–water partition coefficient (Wildman–Crippen LogP) is 7.10. The van der Waals surface area contributed by atoms with Crippen LogP contribution in [0.4, 0.5) is 0 Å². The Balaban J connectivity index is 1.74. The summed E-state index contributed by atoms with van der Waals surface area (Å²) >= 11 is 9.70. The second-order valence-corrected chi connectivity index (χ2v) is 9.61. The topological polar surface area (TPSA) is 56.5 Å². The first kappa shape index (κ1) is 24.2. The standard InChI is InChI=1S/C27H25BrClN3O2/c1-4-18(3)26-31-24-10-8-21(28)14-23(24)27(33)32(26)30-15-20-13-22(29)9-11-25(20)34-16-19-7-5-6-17(2)12-19/h5-15,18H,4,16H2,1-3H3/t18-/m1/s1. The zero-order valence-corrected chi connectivity index (χ0v) is 21.6. The number of ether oxygens (including phenoxy) is 1. The summed E-state index contributed by atoms with van der Waals surface area (Å²) in [5.41, 5.74) is 3.35. The third kappa shape index (κ3) is 5.40. The first-order valence-electron chi connectivity index (χ1n) is 11.1. The normalized spacial score (nSPS) is 12.4. The molecule has 0 saturated heterocycles. The van der Waals surface area contributed by atoms with E-state index < -0.39 is 0 Å². The molecule has 0 unspecified atom stereocenters. The van der Waals surface area contributed by atoms with Gasteiger partial charge in [-0.05, 0) is 55.3 Å². The van der Waals surface area contributed by atoms with E-state index in [1.165, 1.54) is 10.2 Å². The van der Waals surface area contributed by atoms with Crippen molar-refractivity contribution in [3.8, 4) is 5.75 Å². The molecular formula is C27H25BrClN3O2. The van der Waals surface area contributed by atoms with Crippen molar-refractivity contribution in [3.05, 3.63) is 103 Å². The molecule has 4 rings (SSSR count). The van der Waals surface area contributed by atoms with Crippen molar-refractivity contribution in [3.63, 3.8) is 0 Å². The highest BCUT2D eigenvalue weighted by Gasteiger charge is 2.16. The monoisotopic (exact) mass is 537 g/mol. The second-order valence-electron chi connectivity index (χ2n) is 8.26. The second kappa shape index (κ2) is 10.5. The van der Waals surface area contributed by atoms with Gasteiger partial charge in [0.15, 0.2) is 0 Å². The van der Waals surface area contributed by atoms with E-state index in [4.69, 9.17) is 21.3 Å². The summed E-state index contributed by atoms with van der Waals surface area (Å²) in [6.07, 6.45) is 2.43. The van der Waals surface area contributed by atoms with Crippen LogP contribution in [0.3, 0.4) is 0 Å². The zero-order valence-electron chi connectivity index (χ0n) is 19.3. The lowest BCUT2D eigenvalue weighted by molar-refractivity contribution is 0.305. The van der Waals surface area contributed by atoms with Crippen LogP contribution in [0.25, 0.3) is 10.9 Å². The minimum absolute atomic E-state index is 0.0503. The van der Waals surface area contributed by atoms with Gasteiger partial charge in [-0.3, -0.25) is 4.79 Å². The van der Waals surface area contributed by atoms with E-state index in [0.717, 1.165) is 16.5 Å². The molecule has 34 heavy (non-hydrogen) atoms. The van der Waals surface area contributed by atoms with Gasteiger partial charge >= 0.3 is 0 Å². The minimum atomic E-state index is -0.220. The number of hydrogen-bond donors (Lipinski definition) is 0. The van der Waals surface area contributed by atoms with Crippen molar-refractivity contribution in [1.29, 1.82) is 0 Å². The maximum atomic E-state index is 13.4. The molecule has 1 atom stereocenters. The van der Waals surface area contributed by atoms with Gasteiger partial charge in [0.1, 0.15) is 18.2 Å². The number of fused-ring (bicyclic) bond motifs is 1. The summed E-state index contributed by atoms with van der Waals surface area (Å²) < 4.78 is 8.27. The van der Waals surface area contributed by atoms with Crippen molar-refractivity contribution in [2.45, 2.75) is 39.7 Å². The Kier molecular flexibility index (Phi) is 7.49. The van der Waals surface area contributed by atoms with Crippen LogP contribution in [0, 0.1) is 6.92 Å². The quantitative estimate of drug-likeness (QED) is 0.236. The molecule has 0 aliphatic carbocycles. The van der Waals surface area contributed by atoms with Crippen LogP contribution < -0.4 is 10.3 Å². The molecule has 174 valence electrons. The van der Waals surface area contributed by atoms with Gasteiger partial charge in [0.05, 0.1) is 17.1 Å². The number of rotatable bonds is 7. The van der Waals surface area contributed by atoms with Gasteiger partial charge in [-0.25, -0.2) is 4.98 Å². The van der Waals surface area contributed by atoms with E-state index in [-0.39, 0.29) is 11.5 Å². The van der Waals surface area contributed by atoms with Gasteiger partial charge in [0, 0.05) is 21.0 Å². The Hall–Kier alpha value is -2.96. The molecule has 0 fully saturated rings. The van der Waals surface area contributed by atoms with Crippen molar-refractivity contribution in [1.82, 2.24) is 9.66 Å². The van der Waals surface area contributed by atoms with Crippen LogP contribution in [0.5, 0.6) is 5.75 Å². The lowest BCUT2D eigenvalue weighted by Crippen LogP contribution is -2.23. The molecule has 0 bridgehead atoms. The first-order chi connectivity index (χ1) is 16.4. The van der Waals surface area contributed by atoms with E-state index in [1.807, 2.05) is 50.2 Å². The molecule has 7 heteroatoms. The maximum Gasteiger partial charge on any atom is 0.282 e. The Morgan fingerprint density at radius 2 is 2.00 bits per heavy atom. The molecule has 0 N–H and O–H groups in total. The molecule has 1 heterocycles. The molecular weight excluding hydrogens is 514 g/mol. The van der Waals surface area contributed by atoms with Gasteiger partial charge in [0.25, 0.3) is 5.56 Å². The van der Waals surface area contributed by atoms with Gasteiger partial charge in [-0.1, -0.05) is 71.2 Å². The average Bonchev–Trinajstić information content (AvgIpc) is 2.82. The Bertz CT molecular complexity index is 1430. The fraction of sp³-hybridized carbons (Fsp3) is 0.222. The number of aromatic nitrogens is 2. The molecule has 0 aliphatic rings. The fourth-order valence-electron chi connectivity index (χ4n) is 3.61. The molecule has 0 radical (unpaired) electrons. The predicted molar refractivity (Wildman–Crippen MR) is 142 cm³/mol. The third-order valence-electron chi connectivity index (χ3n) is 5.65. The molecule has 3 aromatic carbocycles. The van der Waals surface area contributed by atoms with Gasteiger partial charge in [-0.15, -0.1) is 0 Å². The lowest BCUT2D eigenvalue weighted by Gasteiger charge is -2.14. The smallest absolute Gasteiger partial charge is 0.282 e. The molecule has 0 saturated carbocycles. The van der Waals surface area contributed by atoms with Crippen molar-refractivity contribution in [2.75, 3.05) is 0 Å². The third-order valence-corrected chi connectivity index (χ3v) is 6.38. The molecule has 0 aliphatic heterocycles. The highest BCUT2D eigenvalue weighted by Crippen LogP contribution is 2.24. The van der Waals surface area contributed by atoms with Crippen LogP contribution >= 0.6 is 27.5 Å². The van der Waals surface area contributed by atoms with E-state index in [2.05, 4.69) is 34.0 Å². The number of halogens is 2. The van der Waals surface area contributed by atoms with E-state index in [1.54, 1.807) is 24.4 Å². The number of nitrogens with zero attached hydrogens (tertiary/aromatic N) is 3. The summed E-state index contributed by atoms with van der Waals surface area (Å²) in [7, 11) is 0. The van der Waals surface area contributed by atoms with Crippen LogP contribution in [0.15, 0.2) is 75.0 Å². The average molecular weight is 539 g/mol. The number of aryl methyl sites for hydroxylation is 1.